The summed E-state index contributed by atoms with van der Waals surface area (Å²) >= 11 is 0. The third-order valence-electron chi connectivity index (χ3n) is 6.13. The van der Waals surface area contributed by atoms with E-state index in [1.54, 1.807) is 12.1 Å². The molecule has 0 aromatic heterocycles. The molecular formula is C25H30N4O2. The zero-order chi connectivity index (χ0) is 21.6. The van der Waals surface area contributed by atoms with Gasteiger partial charge in [0.15, 0.2) is 0 Å². The molecule has 0 aliphatic carbocycles. The average molecular weight is 419 g/mol. The molecule has 0 radical (unpaired) electrons. The first kappa shape index (κ1) is 21.5. The van der Waals surface area contributed by atoms with Crippen molar-refractivity contribution in [2.75, 3.05) is 39.3 Å². The Hall–Kier alpha value is -2.72. The van der Waals surface area contributed by atoms with Gasteiger partial charge in [-0.3, -0.25) is 14.6 Å². The van der Waals surface area contributed by atoms with Crippen LogP contribution in [0, 0.1) is 18.3 Å². The zero-order valence-corrected chi connectivity index (χ0v) is 18.1. The summed E-state index contributed by atoms with van der Waals surface area (Å²) in [6, 6.07) is 18.0. The van der Waals surface area contributed by atoms with Crippen LogP contribution in [0.2, 0.25) is 0 Å². The van der Waals surface area contributed by atoms with E-state index in [-0.39, 0.29) is 18.1 Å². The Bertz CT molecular complexity index is 923. The van der Waals surface area contributed by atoms with Crippen LogP contribution in [0.3, 0.4) is 0 Å². The largest absolute Gasteiger partial charge is 0.370 e. The van der Waals surface area contributed by atoms with Gasteiger partial charge in [-0.1, -0.05) is 36.4 Å². The molecule has 1 amide bonds. The minimum atomic E-state index is 0.0285. The molecule has 6 heteroatoms. The molecule has 2 aromatic rings. The van der Waals surface area contributed by atoms with Crippen molar-refractivity contribution in [3.8, 4) is 6.07 Å². The third-order valence-corrected chi connectivity index (χ3v) is 6.13. The molecule has 1 N–H and O–H groups in total. The van der Waals surface area contributed by atoms with Crippen LogP contribution in [0.25, 0.3) is 0 Å². The molecule has 2 fully saturated rings. The number of aryl methyl sites for hydroxylation is 1. The Morgan fingerprint density at radius 1 is 1.06 bits per heavy atom. The van der Waals surface area contributed by atoms with E-state index >= 15 is 0 Å². The number of hydrogen-bond acceptors (Lipinski definition) is 5. The highest BCUT2D eigenvalue weighted by Crippen LogP contribution is 2.20. The predicted molar refractivity (Wildman–Crippen MR) is 119 cm³/mol. The van der Waals surface area contributed by atoms with Gasteiger partial charge in [0.1, 0.15) is 0 Å². The first-order chi connectivity index (χ1) is 15.1. The van der Waals surface area contributed by atoms with Gasteiger partial charge in [-0.05, 0) is 42.2 Å². The summed E-state index contributed by atoms with van der Waals surface area (Å²) in [6.45, 7) is 7.53. The molecule has 2 aliphatic rings. The van der Waals surface area contributed by atoms with E-state index < -0.39 is 0 Å². The maximum absolute atomic E-state index is 12.4. The maximum atomic E-state index is 12.4. The molecule has 2 unspecified atom stereocenters. The molecule has 0 spiro atoms. The van der Waals surface area contributed by atoms with Crippen LogP contribution in [-0.4, -0.2) is 67.2 Å². The normalized spacial score (nSPS) is 21.4. The zero-order valence-electron chi connectivity index (χ0n) is 18.1. The maximum Gasteiger partial charge on any atom is 0.234 e. The summed E-state index contributed by atoms with van der Waals surface area (Å²) in [5.41, 5.74) is 4.40. The molecule has 6 nitrogen and oxygen atoms in total. The molecule has 2 heterocycles. The number of rotatable bonds is 7. The lowest BCUT2D eigenvalue weighted by atomic mass is 10.0. The second kappa shape index (κ2) is 10.1. The van der Waals surface area contributed by atoms with Gasteiger partial charge in [-0.2, -0.15) is 5.26 Å². The summed E-state index contributed by atoms with van der Waals surface area (Å²) in [5, 5.41) is 11.9. The fraction of sp³-hybridized carbons (Fsp3) is 0.440. The second-order valence-electron chi connectivity index (χ2n) is 8.60. The number of hydrogen-bond donors (Lipinski definition) is 1. The SMILES string of the molecule is Cc1ccccc1CCN1CC2CN(CC(=O)NCc3ccc(C#N)cc3)CC(C1)O2. The van der Waals surface area contributed by atoms with Crippen molar-refractivity contribution in [3.63, 3.8) is 0 Å². The highest BCUT2D eigenvalue weighted by molar-refractivity contribution is 5.78. The summed E-state index contributed by atoms with van der Waals surface area (Å²) in [6.07, 6.45) is 1.39. The number of nitriles is 1. The first-order valence-corrected chi connectivity index (χ1v) is 11.0. The van der Waals surface area contributed by atoms with Gasteiger partial charge in [0.05, 0.1) is 30.4 Å². The number of carbonyl (C=O) groups is 1. The minimum absolute atomic E-state index is 0.0285. The molecule has 2 saturated heterocycles. The fourth-order valence-corrected chi connectivity index (χ4v) is 4.50. The van der Waals surface area contributed by atoms with E-state index in [1.165, 1.54) is 11.1 Å². The highest BCUT2D eigenvalue weighted by atomic mass is 16.5. The van der Waals surface area contributed by atoms with E-state index in [2.05, 4.69) is 52.4 Å². The summed E-state index contributed by atoms with van der Waals surface area (Å²) < 4.78 is 6.15. The molecule has 162 valence electrons. The summed E-state index contributed by atoms with van der Waals surface area (Å²) in [5.74, 6) is 0.0285. The minimum Gasteiger partial charge on any atom is -0.370 e. The number of morpholine rings is 2. The van der Waals surface area contributed by atoms with Crippen LogP contribution in [-0.2, 0) is 22.5 Å². The van der Waals surface area contributed by atoms with Gasteiger partial charge in [0, 0.05) is 39.3 Å². The number of ether oxygens (including phenoxy) is 1. The van der Waals surface area contributed by atoms with Crippen LogP contribution in [0.1, 0.15) is 22.3 Å². The van der Waals surface area contributed by atoms with Gasteiger partial charge >= 0.3 is 0 Å². The number of amides is 1. The van der Waals surface area contributed by atoms with Crippen molar-refractivity contribution >= 4 is 5.91 Å². The van der Waals surface area contributed by atoms with E-state index in [1.807, 2.05) is 12.1 Å². The van der Waals surface area contributed by atoms with Crippen LogP contribution in [0.15, 0.2) is 48.5 Å². The molecule has 2 aliphatic heterocycles. The number of benzene rings is 2. The van der Waals surface area contributed by atoms with E-state index in [4.69, 9.17) is 10.00 Å². The van der Waals surface area contributed by atoms with Gasteiger partial charge in [0.2, 0.25) is 5.91 Å². The van der Waals surface area contributed by atoms with Gasteiger partial charge in [-0.15, -0.1) is 0 Å². The summed E-state index contributed by atoms with van der Waals surface area (Å²) in [7, 11) is 0. The van der Waals surface area contributed by atoms with E-state index in [0.717, 1.165) is 44.7 Å². The molecule has 2 bridgehead atoms. The molecule has 4 rings (SSSR count). The lowest BCUT2D eigenvalue weighted by molar-refractivity contribution is -0.144. The van der Waals surface area contributed by atoms with Crippen molar-refractivity contribution in [2.24, 2.45) is 0 Å². The second-order valence-corrected chi connectivity index (χ2v) is 8.60. The van der Waals surface area contributed by atoms with Crippen LogP contribution in [0.5, 0.6) is 0 Å². The molecule has 0 saturated carbocycles. The van der Waals surface area contributed by atoms with Crippen molar-refractivity contribution in [2.45, 2.75) is 32.1 Å². The predicted octanol–water partition coefficient (Wildman–Crippen LogP) is 2.11. The topological polar surface area (TPSA) is 68.6 Å². The number of carbonyl (C=O) groups excluding carboxylic acids is 1. The number of nitrogens with one attached hydrogen (secondary N) is 1. The summed E-state index contributed by atoms with van der Waals surface area (Å²) in [4.78, 5) is 17.1. The van der Waals surface area contributed by atoms with E-state index in [9.17, 15) is 4.79 Å². The Morgan fingerprint density at radius 2 is 1.74 bits per heavy atom. The molecule has 31 heavy (non-hydrogen) atoms. The first-order valence-electron chi connectivity index (χ1n) is 11.0. The van der Waals surface area contributed by atoms with Crippen molar-refractivity contribution in [1.82, 2.24) is 15.1 Å². The number of fused-ring (bicyclic) bond motifs is 2. The lowest BCUT2D eigenvalue weighted by Gasteiger charge is -2.45. The molecule has 2 atom stereocenters. The van der Waals surface area contributed by atoms with Crippen LogP contribution in [0.4, 0.5) is 0 Å². The Labute approximate surface area is 184 Å². The smallest absolute Gasteiger partial charge is 0.234 e. The molecule has 2 aromatic carbocycles. The average Bonchev–Trinajstić information content (AvgIpc) is 2.77. The van der Waals surface area contributed by atoms with Gasteiger partial charge < -0.3 is 10.1 Å². The van der Waals surface area contributed by atoms with Gasteiger partial charge in [-0.25, -0.2) is 0 Å². The van der Waals surface area contributed by atoms with Crippen molar-refractivity contribution < 1.29 is 9.53 Å². The van der Waals surface area contributed by atoms with Crippen molar-refractivity contribution in [3.05, 3.63) is 70.8 Å². The van der Waals surface area contributed by atoms with Crippen LogP contribution >= 0.6 is 0 Å². The fourth-order valence-electron chi connectivity index (χ4n) is 4.50. The van der Waals surface area contributed by atoms with Gasteiger partial charge in [0.25, 0.3) is 0 Å². The Kier molecular flexibility index (Phi) is 6.98. The Morgan fingerprint density at radius 3 is 2.42 bits per heavy atom. The lowest BCUT2D eigenvalue weighted by Crippen LogP contribution is -2.60. The van der Waals surface area contributed by atoms with Crippen molar-refractivity contribution in [1.29, 1.82) is 5.26 Å². The van der Waals surface area contributed by atoms with Crippen LogP contribution < -0.4 is 5.32 Å². The monoisotopic (exact) mass is 418 g/mol. The highest BCUT2D eigenvalue weighted by Gasteiger charge is 2.35. The third kappa shape index (κ3) is 5.92. The Balaban J connectivity index is 1.21. The number of nitrogens with zero attached hydrogens (tertiary/aromatic N) is 3. The van der Waals surface area contributed by atoms with E-state index in [0.29, 0.717) is 18.7 Å². The molecular weight excluding hydrogens is 388 g/mol. The quantitative estimate of drug-likeness (QED) is 0.746. The standard InChI is InChI=1S/C25H30N4O2/c1-19-4-2-3-5-22(19)10-11-28-14-23-16-29(17-24(15-28)31-23)18-25(30)27-13-21-8-6-20(12-26)7-9-21/h2-9,23-24H,10-11,13-18H2,1H3,(H,27,30).